The van der Waals surface area contributed by atoms with Crippen molar-refractivity contribution in [3.63, 3.8) is 0 Å². The number of amides is 2. The molecule has 12 heteroatoms. The molecule has 3 aromatic carbocycles. The van der Waals surface area contributed by atoms with Crippen LogP contribution in [0.15, 0.2) is 78.9 Å². The molecular weight excluding hydrogens is 574 g/mol. The summed E-state index contributed by atoms with van der Waals surface area (Å²) in [6, 6.07) is 16.5. The Morgan fingerprint density at radius 2 is 1.60 bits per heavy atom. The molecule has 3 rings (SSSR count). The Morgan fingerprint density at radius 3 is 2.19 bits per heavy atom. The molecule has 0 radical (unpaired) electrons. The van der Waals surface area contributed by atoms with E-state index in [1.807, 2.05) is 6.92 Å². The molecule has 2 atom stereocenters. The summed E-state index contributed by atoms with van der Waals surface area (Å²) in [5.74, 6) is -2.09. The molecule has 0 aliphatic carbocycles. The zero-order valence-corrected chi connectivity index (χ0v) is 24.3. The molecule has 0 aromatic heterocycles. The number of anilines is 1. The molecule has 0 unspecified atom stereocenters. The van der Waals surface area contributed by atoms with E-state index in [1.165, 1.54) is 18.2 Å². The number of carbonyl (C=O) groups is 2. The summed E-state index contributed by atoms with van der Waals surface area (Å²) in [6.07, 6.45) is -3.39. The second-order valence-electron chi connectivity index (χ2n) is 9.95. The van der Waals surface area contributed by atoms with Crippen molar-refractivity contribution in [3.05, 3.63) is 101 Å². The largest absolute Gasteiger partial charge is 0.416 e. The molecule has 0 fully saturated rings. The summed E-state index contributed by atoms with van der Waals surface area (Å²) in [4.78, 5) is 28.6. The number of benzene rings is 3. The van der Waals surface area contributed by atoms with Crippen molar-refractivity contribution in [1.29, 1.82) is 0 Å². The predicted octanol–water partition coefficient (Wildman–Crippen LogP) is 5.17. The lowest BCUT2D eigenvalue weighted by molar-refractivity contribution is -0.140. The van der Waals surface area contributed by atoms with Crippen molar-refractivity contribution in [3.8, 4) is 0 Å². The van der Waals surface area contributed by atoms with Gasteiger partial charge in [-0.25, -0.2) is 12.8 Å². The summed E-state index contributed by atoms with van der Waals surface area (Å²) in [5.41, 5.74) is -0.717. The van der Waals surface area contributed by atoms with Gasteiger partial charge >= 0.3 is 6.18 Å². The van der Waals surface area contributed by atoms with Crippen molar-refractivity contribution in [1.82, 2.24) is 10.2 Å². The first-order chi connectivity index (χ1) is 19.7. The van der Waals surface area contributed by atoms with Gasteiger partial charge in [-0.3, -0.25) is 13.9 Å². The number of alkyl halides is 3. The van der Waals surface area contributed by atoms with Crippen LogP contribution in [0.5, 0.6) is 0 Å². The molecule has 7 nitrogen and oxygen atoms in total. The molecule has 0 heterocycles. The lowest BCUT2D eigenvalue weighted by atomic mass is 10.0. The topological polar surface area (TPSA) is 86.8 Å². The molecule has 1 N–H and O–H groups in total. The molecule has 0 aliphatic heterocycles. The fourth-order valence-corrected chi connectivity index (χ4v) is 5.10. The van der Waals surface area contributed by atoms with Crippen molar-refractivity contribution >= 4 is 27.5 Å². The van der Waals surface area contributed by atoms with Crippen LogP contribution in [0.25, 0.3) is 0 Å². The first kappa shape index (κ1) is 32.6. The van der Waals surface area contributed by atoms with Crippen molar-refractivity contribution in [2.45, 2.75) is 51.5 Å². The Bertz CT molecular complexity index is 1480. The molecule has 42 heavy (non-hydrogen) atoms. The Hall–Kier alpha value is -3.93. The van der Waals surface area contributed by atoms with Crippen LogP contribution in [-0.2, 0) is 38.8 Å². The van der Waals surface area contributed by atoms with Crippen LogP contribution in [0, 0.1) is 5.82 Å². The molecule has 0 aliphatic rings. The molecule has 0 bridgehead atoms. The van der Waals surface area contributed by atoms with Gasteiger partial charge in [-0.2, -0.15) is 13.2 Å². The van der Waals surface area contributed by atoms with Crippen LogP contribution in [0.2, 0.25) is 0 Å². The summed E-state index contributed by atoms with van der Waals surface area (Å²) < 4.78 is 81.1. The SMILES string of the molecule is CC[C@@H](C)NC(=O)[C@@H](Cc1ccccc1)N(Cc1ccccc1F)C(=O)CN(c1cccc(C(F)(F)F)c1)S(C)(=O)=O. The van der Waals surface area contributed by atoms with Gasteiger partial charge in [0.05, 0.1) is 17.5 Å². The minimum atomic E-state index is -4.76. The highest BCUT2D eigenvalue weighted by atomic mass is 32.2. The number of rotatable bonds is 12. The van der Waals surface area contributed by atoms with Crippen LogP contribution in [-0.4, -0.2) is 50.0 Å². The molecule has 0 saturated heterocycles. The maximum atomic E-state index is 14.8. The number of hydrogen-bond acceptors (Lipinski definition) is 4. The minimum absolute atomic E-state index is 0.0196. The Balaban J connectivity index is 2.10. The molecule has 226 valence electrons. The summed E-state index contributed by atoms with van der Waals surface area (Å²) >= 11 is 0. The molecule has 0 saturated carbocycles. The highest BCUT2D eigenvalue weighted by molar-refractivity contribution is 7.92. The maximum Gasteiger partial charge on any atom is 0.416 e. The minimum Gasteiger partial charge on any atom is -0.352 e. The Morgan fingerprint density at radius 1 is 0.952 bits per heavy atom. The fraction of sp³-hybridized carbons (Fsp3) is 0.333. The molecule has 3 aromatic rings. The van der Waals surface area contributed by atoms with Crippen molar-refractivity contribution < 1.29 is 35.6 Å². The van der Waals surface area contributed by atoms with E-state index < -0.39 is 58.5 Å². The summed E-state index contributed by atoms with van der Waals surface area (Å²) in [7, 11) is -4.27. The molecule has 2 amide bonds. The van der Waals surface area contributed by atoms with Gasteiger partial charge in [-0.1, -0.05) is 61.5 Å². The van der Waals surface area contributed by atoms with Crippen molar-refractivity contribution in [2.75, 3.05) is 17.1 Å². The average Bonchev–Trinajstić information content (AvgIpc) is 2.93. The van der Waals surface area contributed by atoms with Gasteiger partial charge in [0, 0.05) is 24.6 Å². The van der Waals surface area contributed by atoms with Gasteiger partial charge < -0.3 is 10.2 Å². The van der Waals surface area contributed by atoms with Crippen LogP contribution < -0.4 is 9.62 Å². The highest BCUT2D eigenvalue weighted by Gasteiger charge is 2.35. The van der Waals surface area contributed by atoms with Crippen LogP contribution in [0.1, 0.15) is 37.0 Å². The highest BCUT2D eigenvalue weighted by Crippen LogP contribution is 2.32. The van der Waals surface area contributed by atoms with E-state index in [9.17, 15) is 35.6 Å². The van der Waals surface area contributed by atoms with E-state index in [1.54, 1.807) is 43.3 Å². The molecule has 0 spiro atoms. The number of nitrogens with zero attached hydrogens (tertiary/aromatic N) is 2. The van der Waals surface area contributed by atoms with E-state index in [0.29, 0.717) is 22.4 Å². The van der Waals surface area contributed by atoms with E-state index in [0.717, 1.165) is 29.4 Å². The number of carbonyl (C=O) groups excluding carboxylic acids is 2. The van der Waals surface area contributed by atoms with E-state index in [2.05, 4.69) is 5.32 Å². The number of nitrogens with one attached hydrogen (secondary N) is 1. The Kier molecular flexibility index (Phi) is 10.7. The van der Waals surface area contributed by atoms with Crippen LogP contribution in [0.3, 0.4) is 0 Å². The third kappa shape index (κ3) is 8.78. The second-order valence-corrected chi connectivity index (χ2v) is 11.9. The van der Waals surface area contributed by atoms with Crippen LogP contribution in [0.4, 0.5) is 23.2 Å². The van der Waals surface area contributed by atoms with Gasteiger partial charge in [0.25, 0.3) is 0 Å². The van der Waals surface area contributed by atoms with Gasteiger partial charge in [-0.05, 0) is 43.2 Å². The van der Waals surface area contributed by atoms with Gasteiger partial charge in [-0.15, -0.1) is 0 Å². The first-order valence-corrected chi connectivity index (χ1v) is 15.1. The quantitative estimate of drug-likeness (QED) is 0.288. The average molecular weight is 608 g/mol. The maximum absolute atomic E-state index is 14.8. The van der Waals surface area contributed by atoms with Gasteiger partial charge in [0.1, 0.15) is 18.4 Å². The number of halogens is 4. The smallest absolute Gasteiger partial charge is 0.352 e. The fourth-order valence-electron chi connectivity index (χ4n) is 4.26. The second kappa shape index (κ2) is 13.8. The van der Waals surface area contributed by atoms with E-state index in [-0.39, 0.29) is 23.7 Å². The zero-order chi connectivity index (χ0) is 31.1. The summed E-state index contributed by atoms with van der Waals surface area (Å²) in [5, 5.41) is 2.84. The predicted molar refractivity (Wildman–Crippen MR) is 152 cm³/mol. The Labute approximate surface area is 243 Å². The zero-order valence-electron chi connectivity index (χ0n) is 23.4. The lowest BCUT2D eigenvalue weighted by Crippen LogP contribution is -2.54. The third-order valence-corrected chi connectivity index (χ3v) is 7.85. The third-order valence-electron chi connectivity index (χ3n) is 6.71. The van der Waals surface area contributed by atoms with Gasteiger partial charge in [0.15, 0.2) is 0 Å². The van der Waals surface area contributed by atoms with Crippen molar-refractivity contribution in [2.24, 2.45) is 0 Å². The normalized spacial score (nSPS) is 13.2. The van der Waals surface area contributed by atoms with E-state index in [4.69, 9.17) is 0 Å². The molecular formula is C30H33F4N3O4S. The lowest BCUT2D eigenvalue weighted by Gasteiger charge is -2.34. The summed E-state index contributed by atoms with van der Waals surface area (Å²) in [6.45, 7) is 2.33. The van der Waals surface area contributed by atoms with Gasteiger partial charge in [0.2, 0.25) is 21.8 Å². The standard InChI is InChI=1S/C30H33F4N3O4S/c1-4-21(2)35-29(39)27(17-22-11-6-5-7-12-22)36(19-23-13-8-9-16-26(23)31)28(38)20-37(42(3,40)41)25-15-10-14-24(18-25)30(32,33)34/h5-16,18,21,27H,4,17,19-20H2,1-3H3,(H,35,39)/t21-,27-/m1/s1. The van der Waals surface area contributed by atoms with Crippen LogP contribution >= 0.6 is 0 Å². The first-order valence-electron chi connectivity index (χ1n) is 13.2. The number of hydrogen-bond donors (Lipinski definition) is 1. The van der Waals surface area contributed by atoms with E-state index >= 15 is 0 Å². The number of sulfonamides is 1. The monoisotopic (exact) mass is 607 g/mol.